The lowest BCUT2D eigenvalue weighted by atomic mass is 9.83. The fourth-order valence-electron chi connectivity index (χ4n) is 9.97. The molecule has 1 amide bonds. The lowest BCUT2D eigenvalue weighted by Gasteiger charge is -2.35. The van der Waals surface area contributed by atoms with Crippen molar-refractivity contribution in [3.05, 3.63) is 139 Å². The molecular weight excluding hydrogens is 811 g/mol. The first kappa shape index (κ1) is 39.0. The number of amides is 1. The average Bonchev–Trinajstić information content (AvgIpc) is 3.71. The molecule has 0 spiro atoms. The van der Waals surface area contributed by atoms with Crippen LogP contribution in [-0.4, -0.2) is 72.7 Å². The zero-order chi connectivity index (χ0) is 43.7. The van der Waals surface area contributed by atoms with Crippen molar-refractivity contribution < 1.29 is 22.8 Å². The second-order valence-corrected chi connectivity index (χ2v) is 17.9. The maximum absolute atomic E-state index is 16.0. The normalized spacial score (nSPS) is 18.1. The van der Waals surface area contributed by atoms with Gasteiger partial charge in [0.2, 0.25) is 0 Å². The number of ether oxygens (including phenoxy) is 1. The molecule has 1 saturated heterocycles. The molecule has 7 heterocycles. The number of rotatable bonds is 7. The molecule has 2 aliphatic heterocycles. The molecule has 11 rings (SSSR count). The average molecular weight is 855 g/mol. The number of carbonyl (C=O) groups is 1. The van der Waals surface area contributed by atoms with Gasteiger partial charge in [0.25, 0.3) is 5.91 Å². The van der Waals surface area contributed by atoms with Crippen molar-refractivity contribution in [2.75, 3.05) is 13.2 Å². The maximum atomic E-state index is 16.0. The topological polar surface area (TPSA) is 156 Å². The number of hydrogen-bond donors (Lipinski definition) is 1. The molecule has 2 fully saturated rings. The fourth-order valence-corrected chi connectivity index (χ4v) is 9.97. The van der Waals surface area contributed by atoms with Gasteiger partial charge in [-0.05, 0) is 118 Å². The third-order valence-electron chi connectivity index (χ3n) is 13.3. The number of benzene rings is 3. The number of nitrogens with zero attached hydrogens (tertiary/aromatic N) is 9. The van der Waals surface area contributed by atoms with Gasteiger partial charge in [0, 0.05) is 55.5 Å². The Balaban J connectivity index is 1.03. The summed E-state index contributed by atoms with van der Waals surface area (Å²) in [4.78, 5) is 50.8. The molecule has 3 aromatic carbocycles. The summed E-state index contributed by atoms with van der Waals surface area (Å²) in [7, 11) is 1.77. The number of imidazole rings is 2. The first-order valence-electron chi connectivity index (χ1n) is 21.1. The van der Waals surface area contributed by atoms with Crippen molar-refractivity contribution in [1.29, 1.82) is 0 Å². The molecule has 8 aromatic rings. The minimum absolute atomic E-state index is 0.0224. The van der Waals surface area contributed by atoms with Gasteiger partial charge in [0.1, 0.15) is 28.4 Å². The van der Waals surface area contributed by atoms with E-state index in [1.807, 2.05) is 10.6 Å². The van der Waals surface area contributed by atoms with Crippen LogP contribution in [0, 0.1) is 25.5 Å². The van der Waals surface area contributed by atoms with Crippen LogP contribution in [0.4, 0.5) is 8.78 Å². The smallest absolute Gasteiger partial charge is 0.376 e. The summed E-state index contributed by atoms with van der Waals surface area (Å²) in [6, 6.07) is 14.8. The minimum Gasteiger partial charge on any atom is -0.376 e. The van der Waals surface area contributed by atoms with E-state index in [4.69, 9.17) is 14.4 Å². The molecule has 15 nitrogen and oxygen atoms in total. The summed E-state index contributed by atoms with van der Waals surface area (Å²) in [6.07, 6.45) is 7.90. The van der Waals surface area contributed by atoms with E-state index in [1.165, 1.54) is 21.7 Å². The Morgan fingerprint density at radius 3 is 2.44 bits per heavy atom. The molecule has 1 atom stereocenters. The highest BCUT2D eigenvalue weighted by molar-refractivity contribution is 5.99. The summed E-state index contributed by atoms with van der Waals surface area (Å²) < 4.78 is 50.0. The Morgan fingerprint density at radius 1 is 0.952 bits per heavy atom. The third kappa shape index (κ3) is 6.07. The van der Waals surface area contributed by atoms with Gasteiger partial charge < -0.3 is 18.8 Å². The highest BCUT2D eigenvalue weighted by Crippen LogP contribution is 2.51. The van der Waals surface area contributed by atoms with Gasteiger partial charge in [-0.2, -0.15) is 5.10 Å². The lowest BCUT2D eigenvalue weighted by molar-refractivity contribution is -0.0592. The van der Waals surface area contributed by atoms with E-state index in [2.05, 4.69) is 47.2 Å². The number of aromatic amines is 1. The lowest BCUT2D eigenvalue weighted by Crippen LogP contribution is -2.38. The predicted octanol–water partition coefficient (Wildman–Crippen LogP) is 6.64. The molecule has 1 saturated carbocycles. The molecule has 0 bridgehead atoms. The number of aromatic nitrogens is 9. The van der Waals surface area contributed by atoms with E-state index in [-0.39, 0.29) is 41.0 Å². The molecule has 17 heteroatoms. The van der Waals surface area contributed by atoms with Gasteiger partial charge in [0.05, 0.1) is 41.1 Å². The van der Waals surface area contributed by atoms with Crippen LogP contribution >= 0.6 is 0 Å². The quantitative estimate of drug-likeness (QED) is 0.187. The first-order chi connectivity index (χ1) is 30.2. The van der Waals surface area contributed by atoms with Crippen LogP contribution in [0.5, 0.6) is 0 Å². The number of hydrogen-bond acceptors (Lipinski definition) is 8. The zero-order valence-electron chi connectivity index (χ0n) is 35.4. The number of aryl methyl sites for hydroxylation is 3. The van der Waals surface area contributed by atoms with E-state index in [0.717, 1.165) is 29.3 Å². The number of nitrogens with one attached hydrogen (secondary N) is 1. The fraction of sp³-hybridized carbons (Fsp3) is 0.348. The van der Waals surface area contributed by atoms with Crippen LogP contribution in [0.2, 0.25) is 0 Å². The van der Waals surface area contributed by atoms with Crippen molar-refractivity contribution in [1.82, 2.24) is 48.1 Å². The van der Waals surface area contributed by atoms with Crippen LogP contribution in [-0.2, 0) is 30.3 Å². The third-order valence-corrected chi connectivity index (χ3v) is 13.3. The largest absolute Gasteiger partial charge is 0.438 e. The van der Waals surface area contributed by atoms with E-state index < -0.39 is 22.8 Å². The van der Waals surface area contributed by atoms with Gasteiger partial charge in [-0.25, -0.2) is 28.0 Å². The van der Waals surface area contributed by atoms with Crippen molar-refractivity contribution in [2.45, 2.75) is 83.4 Å². The summed E-state index contributed by atoms with van der Waals surface area (Å²) in [5.41, 5.74) is 4.10. The number of carbonyl (C=O) groups excluding carboxylic acids is 1. The molecule has 1 aliphatic carbocycles. The van der Waals surface area contributed by atoms with E-state index in [9.17, 15) is 9.59 Å². The Morgan fingerprint density at radius 2 is 1.71 bits per heavy atom. The summed E-state index contributed by atoms with van der Waals surface area (Å²) in [5, 5.41) is 10.00. The molecule has 5 aromatic heterocycles. The molecule has 63 heavy (non-hydrogen) atoms. The van der Waals surface area contributed by atoms with Crippen molar-refractivity contribution >= 4 is 27.8 Å². The highest BCUT2D eigenvalue weighted by Gasteiger charge is 2.52. The molecule has 322 valence electrons. The predicted molar refractivity (Wildman–Crippen MR) is 228 cm³/mol. The van der Waals surface area contributed by atoms with Gasteiger partial charge >= 0.3 is 11.4 Å². The Kier molecular flexibility index (Phi) is 8.55. The van der Waals surface area contributed by atoms with Crippen LogP contribution in [0.15, 0.2) is 81.4 Å². The van der Waals surface area contributed by atoms with Crippen LogP contribution in [0.1, 0.15) is 89.7 Å². The molecule has 0 unspecified atom stereocenters. The van der Waals surface area contributed by atoms with Crippen molar-refractivity contribution in [3.63, 3.8) is 0 Å². The molecule has 3 aliphatic rings. The Hall–Kier alpha value is -6.88. The zero-order valence-corrected chi connectivity index (χ0v) is 35.4. The Labute approximate surface area is 358 Å². The van der Waals surface area contributed by atoms with Gasteiger partial charge in [-0.1, -0.05) is 11.2 Å². The number of H-pyrrole nitrogens is 1. The summed E-state index contributed by atoms with van der Waals surface area (Å²) in [5.74, 6) is -0.948. The molecule has 0 radical (unpaired) electrons. The standard InChI is InChI=1S/C46H44F2N10O5/c1-25-18-30(19-26(2)37(25)47)58-40(56-16-15-55(44(56)61)34-8-9-35-39(38(34)48)49-24-53(35)5)31-23-54(14-10-32(31)51-58)41(59)36-21-29-20-27(28-11-17-62-45(3,4)22-28)6-7-33(29)57(36)46(12-13-46)42-50-43(60)63-52-42/h6-9,15-16,18-21,24,28H,10-14,17,22-23H2,1-5H3,(H,50,52,60)/t28-/m0/s1. The summed E-state index contributed by atoms with van der Waals surface area (Å²) >= 11 is 0. The second kappa shape index (κ2) is 13.8. The summed E-state index contributed by atoms with van der Waals surface area (Å²) in [6.45, 7) is 8.60. The van der Waals surface area contributed by atoms with Crippen molar-refractivity contribution in [3.8, 4) is 17.2 Å². The van der Waals surface area contributed by atoms with E-state index in [1.54, 1.807) is 65.5 Å². The van der Waals surface area contributed by atoms with E-state index in [0.29, 0.717) is 83.3 Å². The molecule has 1 N–H and O–H groups in total. The number of halogens is 2. The Bertz CT molecular complexity index is 3300. The van der Waals surface area contributed by atoms with Crippen LogP contribution in [0.3, 0.4) is 0 Å². The highest BCUT2D eigenvalue weighted by atomic mass is 19.1. The van der Waals surface area contributed by atoms with Gasteiger partial charge in [0.15, 0.2) is 11.6 Å². The minimum atomic E-state index is -0.805. The van der Waals surface area contributed by atoms with Crippen molar-refractivity contribution in [2.24, 2.45) is 7.05 Å². The van der Waals surface area contributed by atoms with Gasteiger partial charge in [-0.3, -0.25) is 23.4 Å². The maximum Gasteiger partial charge on any atom is 0.438 e. The monoisotopic (exact) mass is 854 g/mol. The first-order valence-corrected chi connectivity index (χ1v) is 21.1. The SMILES string of the molecule is Cc1cc(-n2nc3c(c2-n2ccn(-c4ccc5c(ncn5C)c4F)c2=O)CN(C(=O)c2cc4cc([C@H]5CCOC(C)(C)C5)ccc4n2C2(c4noc(=O)[nH]4)CC2)CC3)cc(C)c1F. The van der Waals surface area contributed by atoms with Gasteiger partial charge in [-0.15, -0.1) is 0 Å². The number of fused-ring (bicyclic) bond motifs is 3. The second-order valence-electron chi connectivity index (χ2n) is 17.9. The van der Waals surface area contributed by atoms with Crippen LogP contribution in [0.25, 0.3) is 39.1 Å². The van der Waals surface area contributed by atoms with Crippen LogP contribution < -0.4 is 11.4 Å². The molecular formula is C46H44F2N10O5. The van der Waals surface area contributed by atoms with E-state index >= 15 is 13.6 Å².